The Hall–Kier alpha value is -1.88. The third-order valence-corrected chi connectivity index (χ3v) is 4.27. The van der Waals surface area contributed by atoms with Crippen molar-refractivity contribution in [1.82, 2.24) is 14.5 Å². The van der Waals surface area contributed by atoms with Gasteiger partial charge in [0.25, 0.3) is 0 Å². The number of likely N-dealkylation sites (tertiary alicyclic amines) is 1. The van der Waals surface area contributed by atoms with Crippen molar-refractivity contribution in [3.63, 3.8) is 0 Å². The number of carboxylic acids is 1. The molecule has 0 saturated carbocycles. The minimum absolute atomic E-state index is 0.197. The molecule has 0 unspecified atom stereocenters. The predicted molar refractivity (Wildman–Crippen MR) is 81.2 cm³/mol. The Morgan fingerprint density at radius 1 is 1.43 bits per heavy atom. The maximum absolute atomic E-state index is 10.8. The van der Waals surface area contributed by atoms with Crippen molar-refractivity contribution in [3.8, 4) is 0 Å². The topological polar surface area (TPSA) is 58.4 Å². The number of aliphatic carboxylic acids is 1. The summed E-state index contributed by atoms with van der Waals surface area (Å²) in [4.78, 5) is 17.9. The molecule has 112 valence electrons. The molecule has 5 heteroatoms. The Morgan fingerprint density at radius 3 is 3.00 bits per heavy atom. The lowest BCUT2D eigenvalue weighted by molar-refractivity contribution is -0.137. The first-order valence-electron chi connectivity index (χ1n) is 7.61. The number of rotatable bonds is 5. The maximum Gasteiger partial charge on any atom is 0.304 e. The molecule has 3 rings (SSSR count). The molecule has 1 aliphatic heterocycles. The molecule has 21 heavy (non-hydrogen) atoms. The van der Waals surface area contributed by atoms with E-state index in [9.17, 15) is 4.79 Å². The van der Waals surface area contributed by atoms with Crippen molar-refractivity contribution in [3.05, 3.63) is 30.1 Å². The van der Waals surface area contributed by atoms with E-state index in [1.54, 1.807) is 0 Å². The molecule has 0 spiro atoms. The zero-order valence-electron chi connectivity index (χ0n) is 12.3. The zero-order valence-corrected chi connectivity index (χ0v) is 12.3. The summed E-state index contributed by atoms with van der Waals surface area (Å²) in [5.74, 6) is 0.353. The first kappa shape index (κ1) is 14.1. The molecule has 0 amide bonds. The Balaban J connectivity index is 1.93. The van der Waals surface area contributed by atoms with Crippen LogP contribution in [0.1, 0.15) is 38.1 Å². The van der Waals surface area contributed by atoms with E-state index >= 15 is 0 Å². The number of fused-ring (bicyclic) bond motifs is 1. The van der Waals surface area contributed by atoms with E-state index in [0.717, 1.165) is 37.3 Å². The number of imidazole rings is 1. The second-order valence-electron chi connectivity index (χ2n) is 5.54. The van der Waals surface area contributed by atoms with Gasteiger partial charge in [0.1, 0.15) is 5.82 Å². The second-order valence-corrected chi connectivity index (χ2v) is 5.54. The molecule has 1 fully saturated rings. The first-order chi connectivity index (χ1) is 10.2. The number of aromatic nitrogens is 2. The van der Waals surface area contributed by atoms with Gasteiger partial charge in [0.05, 0.1) is 23.5 Å². The fourth-order valence-electron chi connectivity index (χ4n) is 3.31. The number of para-hydroxylation sites is 2. The SMILES string of the molecule is CCn1c([C@H]2CCCN2CCC(=O)O)nc2ccccc21. The van der Waals surface area contributed by atoms with Gasteiger partial charge in [0.15, 0.2) is 0 Å². The van der Waals surface area contributed by atoms with Gasteiger partial charge in [-0.3, -0.25) is 9.69 Å². The van der Waals surface area contributed by atoms with Gasteiger partial charge < -0.3 is 9.67 Å². The molecule has 1 aromatic carbocycles. The monoisotopic (exact) mass is 287 g/mol. The predicted octanol–water partition coefficient (Wildman–Crippen LogP) is 2.67. The van der Waals surface area contributed by atoms with E-state index in [0.29, 0.717) is 6.54 Å². The van der Waals surface area contributed by atoms with E-state index in [1.165, 1.54) is 5.52 Å². The molecular weight excluding hydrogens is 266 g/mol. The Labute approximate surface area is 124 Å². The van der Waals surface area contributed by atoms with E-state index in [1.807, 2.05) is 18.2 Å². The molecule has 0 aliphatic carbocycles. The van der Waals surface area contributed by atoms with E-state index in [4.69, 9.17) is 10.1 Å². The highest BCUT2D eigenvalue weighted by molar-refractivity contribution is 5.76. The normalized spacial score (nSPS) is 19.4. The average molecular weight is 287 g/mol. The van der Waals surface area contributed by atoms with Gasteiger partial charge in [-0.2, -0.15) is 0 Å². The Kier molecular flexibility index (Phi) is 3.92. The summed E-state index contributed by atoms with van der Waals surface area (Å²) in [6.07, 6.45) is 2.36. The molecule has 1 aliphatic rings. The molecule has 1 atom stereocenters. The van der Waals surface area contributed by atoms with Crippen LogP contribution in [0.15, 0.2) is 24.3 Å². The second kappa shape index (κ2) is 5.85. The minimum Gasteiger partial charge on any atom is -0.481 e. The quantitative estimate of drug-likeness (QED) is 0.918. The minimum atomic E-state index is -0.732. The molecule has 1 aromatic heterocycles. The number of benzene rings is 1. The van der Waals surface area contributed by atoms with Crippen LogP contribution in [0, 0.1) is 0 Å². The Bertz CT molecular complexity index is 650. The number of aryl methyl sites for hydroxylation is 1. The van der Waals surface area contributed by atoms with Crippen LogP contribution in [0.3, 0.4) is 0 Å². The van der Waals surface area contributed by atoms with E-state index in [2.05, 4.69) is 22.5 Å². The van der Waals surface area contributed by atoms with Gasteiger partial charge in [-0.25, -0.2) is 4.98 Å². The van der Waals surface area contributed by atoms with Gasteiger partial charge in [-0.15, -0.1) is 0 Å². The highest BCUT2D eigenvalue weighted by atomic mass is 16.4. The van der Waals surface area contributed by atoms with Crippen LogP contribution in [0.4, 0.5) is 0 Å². The van der Waals surface area contributed by atoms with E-state index in [-0.39, 0.29) is 12.5 Å². The van der Waals surface area contributed by atoms with E-state index < -0.39 is 5.97 Å². The highest BCUT2D eigenvalue weighted by Crippen LogP contribution is 2.33. The van der Waals surface area contributed by atoms with Crippen molar-refractivity contribution < 1.29 is 9.90 Å². The molecule has 2 aromatic rings. The summed E-state index contributed by atoms with van der Waals surface area (Å²) in [7, 11) is 0. The van der Waals surface area contributed by atoms with Crippen LogP contribution in [-0.2, 0) is 11.3 Å². The molecule has 0 bridgehead atoms. The van der Waals surface area contributed by atoms with Gasteiger partial charge in [0, 0.05) is 13.1 Å². The lowest BCUT2D eigenvalue weighted by atomic mass is 10.2. The van der Waals surface area contributed by atoms with Crippen molar-refractivity contribution in [2.24, 2.45) is 0 Å². The summed E-state index contributed by atoms with van der Waals surface area (Å²) >= 11 is 0. The van der Waals surface area contributed by atoms with Crippen LogP contribution in [0.2, 0.25) is 0 Å². The van der Waals surface area contributed by atoms with Crippen LogP contribution in [-0.4, -0.2) is 38.6 Å². The standard InChI is InChI=1S/C16H21N3O2/c1-2-19-13-7-4-3-6-12(13)17-16(19)14-8-5-10-18(14)11-9-15(20)21/h3-4,6-7,14H,2,5,8-11H2,1H3,(H,20,21)/t14-/m1/s1. The third-order valence-electron chi connectivity index (χ3n) is 4.27. The van der Waals surface area contributed by atoms with Crippen molar-refractivity contribution in [1.29, 1.82) is 0 Å². The summed E-state index contributed by atoms with van der Waals surface area (Å²) in [5, 5.41) is 8.90. The molecular formula is C16H21N3O2. The smallest absolute Gasteiger partial charge is 0.304 e. The van der Waals surface area contributed by atoms with Crippen molar-refractivity contribution in [2.75, 3.05) is 13.1 Å². The lowest BCUT2D eigenvalue weighted by Crippen LogP contribution is -2.28. The zero-order chi connectivity index (χ0) is 14.8. The van der Waals surface area contributed by atoms with Crippen LogP contribution >= 0.6 is 0 Å². The summed E-state index contributed by atoms with van der Waals surface area (Å²) in [6.45, 7) is 4.59. The number of carbonyl (C=O) groups is 1. The lowest BCUT2D eigenvalue weighted by Gasteiger charge is -2.23. The number of nitrogens with zero attached hydrogens (tertiary/aromatic N) is 3. The largest absolute Gasteiger partial charge is 0.481 e. The average Bonchev–Trinajstić information content (AvgIpc) is 3.08. The fourth-order valence-corrected chi connectivity index (χ4v) is 3.31. The summed E-state index contributed by atoms with van der Waals surface area (Å²) in [5.41, 5.74) is 2.19. The van der Waals surface area contributed by atoms with Crippen LogP contribution in [0.5, 0.6) is 0 Å². The van der Waals surface area contributed by atoms with Crippen molar-refractivity contribution >= 4 is 17.0 Å². The van der Waals surface area contributed by atoms with Gasteiger partial charge >= 0.3 is 5.97 Å². The first-order valence-corrected chi connectivity index (χ1v) is 7.61. The number of hydrogen-bond donors (Lipinski definition) is 1. The molecule has 0 radical (unpaired) electrons. The summed E-state index contributed by atoms with van der Waals surface area (Å²) in [6, 6.07) is 8.44. The molecule has 1 saturated heterocycles. The summed E-state index contributed by atoms with van der Waals surface area (Å²) < 4.78 is 2.26. The third kappa shape index (κ3) is 2.65. The van der Waals surface area contributed by atoms with Crippen LogP contribution in [0.25, 0.3) is 11.0 Å². The number of carboxylic acid groups (broad SMARTS) is 1. The maximum atomic E-state index is 10.8. The van der Waals surface area contributed by atoms with Gasteiger partial charge in [-0.05, 0) is 38.4 Å². The molecule has 5 nitrogen and oxygen atoms in total. The molecule has 1 N–H and O–H groups in total. The number of hydrogen-bond acceptors (Lipinski definition) is 3. The molecule has 2 heterocycles. The van der Waals surface area contributed by atoms with Crippen molar-refractivity contribution in [2.45, 2.75) is 38.8 Å². The Morgan fingerprint density at radius 2 is 2.24 bits per heavy atom. The van der Waals surface area contributed by atoms with Gasteiger partial charge in [-0.1, -0.05) is 12.1 Å². The van der Waals surface area contributed by atoms with Gasteiger partial charge in [0.2, 0.25) is 0 Å². The fraction of sp³-hybridized carbons (Fsp3) is 0.500. The van der Waals surface area contributed by atoms with Crippen LogP contribution < -0.4 is 0 Å². The highest BCUT2D eigenvalue weighted by Gasteiger charge is 2.30.